The van der Waals surface area contributed by atoms with Crippen molar-refractivity contribution in [2.45, 2.75) is 13.8 Å². The van der Waals surface area contributed by atoms with Gasteiger partial charge in [-0.2, -0.15) is 0 Å². The van der Waals surface area contributed by atoms with Crippen molar-refractivity contribution >= 4 is 35.2 Å². The van der Waals surface area contributed by atoms with Crippen LogP contribution < -0.4 is 10.6 Å². The summed E-state index contributed by atoms with van der Waals surface area (Å²) >= 11 is 0. The SMILES string of the molecule is CCOC(=O)c1ccc(NC(=O)/C=C/c2ccc(NC(C)=O)cc2)cc1. The summed E-state index contributed by atoms with van der Waals surface area (Å²) in [5, 5.41) is 5.39. The lowest BCUT2D eigenvalue weighted by atomic mass is 10.2. The second-order valence-electron chi connectivity index (χ2n) is 5.42. The first kappa shape index (κ1) is 18.9. The normalized spacial score (nSPS) is 10.4. The zero-order valence-electron chi connectivity index (χ0n) is 14.6. The van der Waals surface area contributed by atoms with Crippen LogP contribution in [0.4, 0.5) is 11.4 Å². The van der Waals surface area contributed by atoms with Gasteiger partial charge >= 0.3 is 5.97 Å². The Morgan fingerprint density at radius 3 is 2.08 bits per heavy atom. The third kappa shape index (κ3) is 5.90. The molecule has 0 aromatic heterocycles. The van der Waals surface area contributed by atoms with Crippen LogP contribution in [0, 0.1) is 0 Å². The molecule has 0 radical (unpaired) electrons. The molecule has 2 aromatic carbocycles. The second kappa shape index (κ2) is 9.17. The standard InChI is InChI=1S/C20H20N2O4/c1-3-26-20(25)16-7-11-18(12-8-16)22-19(24)13-6-15-4-9-17(10-5-15)21-14(2)23/h4-13H,3H2,1-2H3,(H,21,23)(H,22,24)/b13-6+. The highest BCUT2D eigenvalue weighted by molar-refractivity contribution is 6.02. The van der Waals surface area contributed by atoms with E-state index in [1.54, 1.807) is 61.5 Å². The summed E-state index contributed by atoms with van der Waals surface area (Å²) in [6, 6.07) is 13.6. The first-order valence-electron chi connectivity index (χ1n) is 8.12. The molecule has 0 unspecified atom stereocenters. The molecule has 0 fully saturated rings. The summed E-state index contributed by atoms with van der Waals surface area (Å²) in [6.45, 7) is 3.50. The zero-order valence-corrected chi connectivity index (χ0v) is 14.6. The van der Waals surface area contributed by atoms with Crippen molar-refractivity contribution in [1.82, 2.24) is 0 Å². The molecule has 0 aliphatic heterocycles. The van der Waals surface area contributed by atoms with Crippen molar-refractivity contribution in [2.24, 2.45) is 0 Å². The molecule has 2 rings (SSSR count). The highest BCUT2D eigenvalue weighted by Crippen LogP contribution is 2.12. The van der Waals surface area contributed by atoms with Crippen LogP contribution in [0.1, 0.15) is 29.8 Å². The number of nitrogens with one attached hydrogen (secondary N) is 2. The lowest BCUT2D eigenvalue weighted by Gasteiger charge is -2.05. The Morgan fingerprint density at radius 1 is 0.923 bits per heavy atom. The van der Waals surface area contributed by atoms with Crippen molar-refractivity contribution < 1.29 is 19.1 Å². The van der Waals surface area contributed by atoms with Crippen LogP contribution in [0.5, 0.6) is 0 Å². The molecule has 2 aromatic rings. The van der Waals surface area contributed by atoms with Gasteiger partial charge in [-0.25, -0.2) is 4.79 Å². The van der Waals surface area contributed by atoms with Gasteiger partial charge in [0.1, 0.15) is 0 Å². The Hall–Kier alpha value is -3.41. The van der Waals surface area contributed by atoms with Crippen LogP contribution in [0.3, 0.4) is 0 Å². The average Bonchev–Trinajstić information content (AvgIpc) is 2.61. The zero-order chi connectivity index (χ0) is 18.9. The fourth-order valence-electron chi connectivity index (χ4n) is 2.14. The van der Waals surface area contributed by atoms with Crippen LogP contribution in [0.15, 0.2) is 54.6 Å². The first-order chi connectivity index (χ1) is 12.5. The molecule has 0 bridgehead atoms. The van der Waals surface area contributed by atoms with E-state index in [0.717, 1.165) is 5.56 Å². The van der Waals surface area contributed by atoms with Crippen LogP contribution in [-0.2, 0) is 14.3 Å². The van der Waals surface area contributed by atoms with E-state index in [1.807, 2.05) is 0 Å². The van der Waals surface area contributed by atoms with Gasteiger partial charge in [-0.15, -0.1) is 0 Å². The molecule has 26 heavy (non-hydrogen) atoms. The number of carbonyl (C=O) groups is 3. The fraction of sp³-hybridized carbons (Fsp3) is 0.150. The lowest BCUT2D eigenvalue weighted by molar-refractivity contribution is -0.114. The lowest BCUT2D eigenvalue weighted by Crippen LogP contribution is -2.09. The maximum atomic E-state index is 12.0. The summed E-state index contributed by atoms with van der Waals surface area (Å²) < 4.78 is 4.91. The number of ether oxygens (including phenoxy) is 1. The van der Waals surface area contributed by atoms with Gasteiger partial charge in [-0.1, -0.05) is 12.1 Å². The maximum Gasteiger partial charge on any atom is 0.338 e. The van der Waals surface area contributed by atoms with Crippen LogP contribution in [-0.4, -0.2) is 24.4 Å². The van der Waals surface area contributed by atoms with E-state index in [9.17, 15) is 14.4 Å². The van der Waals surface area contributed by atoms with Crippen LogP contribution >= 0.6 is 0 Å². The van der Waals surface area contributed by atoms with Crippen molar-refractivity contribution in [3.8, 4) is 0 Å². The third-order valence-electron chi connectivity index (χ3n) is 3.32. The van der Waals surface area contributed by atoms with Crippen molar-refractivity contribution in [1.29, 1.82) is 0 Å². The van der Waals surface area contributed by atoms with Crippen LogP contribution in [0.2, 0.25) is 0 Å². The van der Waals surface area contributed by atoms with Crippen molar-refractivity contribution in [3.05, 3.63) is 65.7 Å². The Balaban J connectivity index is 1.92. The Bertz CT molecular complexity index is 809. The highest BCUT2D eigenvalue weighted by atomic mass is 16.5. The molecule has 2 amide bonds. The van der Waals surface area contributed by atoms with Crippen molar-refractivity contribution in [3.63, 3.8) is 0 Å². The number of anilines is 2. The van der Waals surface area contributed by atoms with E-state index >= 15 is 0 Å². The minimum absolute atomic E-state index is 0.137. The predicted octanol–water partition coefficient (Wildman–Crippen LogP) is 3.47. The molecular weight excluding hydrogens is 332 g/mol. The number of amides is 2. The number of rotatable bonds is 6. The molecule has 0 aliphatic carbocycles. The molecule has 0 spiro atoms. The molecule has 0 aliphatic rings. The van der Waals surface area contributed by atoms with Gasteiger partial charge in [0, 0.05) is 24.4 Å². The van der Waals surface area contributed by atoms with E-state index in [1.165, 1.54) is 13.0 Å². The Kier molecular flexibility index (Phi) is 6.68. The minimum atomic E-state index is -0.395. The van der Waals surface area contributed by atoms with Gasteiger partial charge in [0.25, 0.3) is 0 Å². The van der Waals surface area contributed by atoms with E-state index < -0.39 is 5.97 Å². The molecule has 6 heteroatoms. The summed E-state index contributed by atoms with van der Waals surface area (Å²) in [5.41, 5.74) is 2.53. The number of esters is 1. The fourth-order valence-corrected chi connectivity index (χ4v) is 2.14. The molecule has 6 nitrogen and oxygen atoms in total. The third-order valence-corrected chi connectivity index (χ3v) is 3.32. The summed E-state index contributed by atoms with van der Waals surface area (Å²) in [5.74, 6) is -0.825. The molecule has 0 saturated carbocycles. The largest absolute Gasteiger partial charge is 0.462 e. The summed E-state index contributed by atoms with van der Waals surface area (Å²) in [4.78, 5) is 34.5. The van der Waals surface area contributed by atoms with E-state index in [-0.39, 0.29) is 11.8 Å². The van der Waals surface area contributed by atoms with E-state index in [0.29, 0.717) is 23.5 Å². The first-order valence-corrected chi connectivity index (χ1v) is 8.12. The van der Waals surface area contributed by atoms with Gasteiger partial charge in [-0.3, -0.25) is 9.59 Å². The summed E-state index contributed by atoms with van der Waals surface area (Å²) in [7, 11) is 0. The quantitative estimate of drug-likeness (QED) is 0.616. The van der Waals surface area contributed by atoms with Gasteiger partial charge < -0.3 is 15.4 Å². The van der Waals surface area contributed by atoms with E-state index in [4.69, 9.17) is 4.74 Å². The smallest absolute Gasteiger partial charge is 0.338 e. The van der Waals surface area contributed by atoms with Gasteiger partial charge in [0.15, 0.2) is 0 Å². The minimum Gasteiger partial charge on any atom is -0.462 e. The molecule has 0 saturated heterocycles. The maximum absolute atomic E-state index is 12.0. The topological polar surface area (TPSA) is 84.5 Å². The molecule has 0 heterocycles. The van der Waals surface area contributed by atoms with Crippen LogP contribution in [0.25, 0.3) is 6.08 Å². The number of benzene rings is 2. The average molecular weight is 352 g/mol. The summed E-state index contributed by atoms with van der Waals surface area (Å²) in [6.07, 6.45) is 3.08. The van der Waals surface area contributed by atoms with Gasteiger partial charge in [0.2, 0.25) is 11.8 Å². The molecular formula is C20H20N2O4. The monoisotopic (exact) mass is 352 g/mol. The predicted molar refractivity (Wildman–Crippen MR) is 101 cm³/mol. The molecule has 134 valence electrons. The molecule has 2 N–H and O–H groups in total. The molecule has 0 atom stereocenters. The highest BCUT2D eigenvalue weighted by Gasteiger charge is 2.06. The van der Waals surface area contributed by atoms with Gasteiger partial charge in [-0.05, 0) is 55.0 Å². The number of hydrogen-bond acceptors (Lipinski definition) is 4. The number of hydrogen-bond donors (Lipinski definition) is 2. The Morgan fingerprint density at radius 2 is 1.50 bits per heavy atom. The van der Waals surface area contributed by atoms with Gasteiger partial charge in [0.05, 0.1) is 12.2 Å². The second-order valence-corrected chi connectivity index (χ2v) is 5.42. The number of carbonyl (C=O) groups excluding carboxylic acids is 3. The van der Waals surface area contributed by atoms with Crippen molar-refractivity contribution in [2.75, 3.05) is 17.2 Å². The Labute approximate surface area is 151 Å². The van der Waals surface area contributed by atoms with E-state index in [2.05, 4.69) is 10.6 Å².